The molecule has 0 bridgehead atoms. The molecule has 0 saturated carbocycles. The first kappa shape index (κ1) is 16.4. The number of allylic oxidation sites excluding steroid dienone is 5. The molecule has 0 aromatic rings. The van der Waals surface area contributed by atoms with E-state index in [-0.39, 0.29) is 17.9 Å². The van der Waals surface area contributed by atoms with E-state index in [1.54, 1.807) is 12.2 Å². The van der Waals surface area contributed by atoms with Gasteiger partial charge in [-0.25, -0.2) is 0 Å². The molecule has 1 amide bonds. The molecule has 18 heavy (non-hydrogen) atoms. The molecule has 0 radical (unpaired) electrons. The van der Waals surface area contributed by atoms with E-state index in [0.717, 1.165) is 5.57 Å². The minimum atomic E-state index is -0.153. The van der Waals surface area contributed by atoms with Crippen LogP contribution in [-0.2, 0) is 4.79 Å². The number of nitrogens with one attached hydrogen (secondary N) is 1. The summed E-state index contributed by atoms with van der Waals surface area (Å²) >= 11 is 0. The first-order valence-corrected chi connectivity index (χ1v) is 6.36. The van der Waals surface area contributed by atoms with Gasteiger partial charge in [0.25, 0.3) is 0 Å². The zero-order valence-corrected chi connectivity index (χ0v) is 11.9. The third-order valence-corrected chi connectivity index (χ3v) is 2.91. The van der Waals surface area contributed by atoms with Gasteiger partial charge in [-0.2, -0.15) is 0 Å². The van der Waals surface area contributed by atoms with Crippen molar-refractivity contribution in [3.63, 3.8) is 0 Å². The second-order valence-corrected chi connectivity index (χ2v) is 4.80. The number of carbonyl (C=O) groups excluding carboxylic acids is 1. The zero-order chi connectivity index (χ0) is 14.1. The van der Waals surface area contributed by atoms with Gasteiger partial charge >= 0.3 is 0 Å². The first-order chi connectivity index (χ1) is 8.42. The molecule has 0 fully saturated rings. The highest BCUT2D eigenvalue weighted by Crippen LogP contribution is 2.06. The Hall–Kier alpha value is -1.57. The fourth-order valence-corrected chi connectivity index (χ4v) is 1.19. The van der Waals surface area contributed by atoms with Crippen molar-refractivity contribution in [1.29, 1.82) is 0 Å². The molecule has 0 heterocycles. The lowest BCUT2D eigenvalue weighted by molar-refractivity contribution is -0.124. The quantitative estimate of drug-likeness (QED) is 0.684. The van der Waals surface area contributed by atoms with Crippen molar-refractivity contribution in [3.05, 3.63) is 49.1 Å². The van der Waals surface area contributed by atoms with Crippen molar-refractivity contribution in [2.75, 3.05) is 0 Å². The number of amides is 1. The van der Waals surface area contributed by atoms with Gasteiger partial charge in [-0.15, -0.1) is 0 Å². The maximum atomic E-state index is 11.9. The fraction of sp³-hybridized carbons (Fsp3) is 0.438. The normalized spacial score (nSPS) is 15.5. The summed E-state index contributed by atoms with van der Waals surface area (Å²) in [5, 5.41) is 3.00. The van der Waals surface area contributed by atoms with Gasteiger partial charge in [0.2, 0.25) is 5.91 Å². The van der Waals surface area contributed by atoms with E-state index in [4.69, 9.17) is 0 Å². The maximum absolute atomic E-state index is 11.9. The van der Waals surface area contributed by atoms with Crippen LogP contribution in [0.4, 0.5) is 0 Å². The van der Waals surface area contributed by atoms with Crippen LogP contribution >= 0.6 is 0 Å². The van der Waals surface area contributed by atoms with E-state index in [9.17, 15) is 4.79 Å². The first-order valence-electron chi connectivity index (χ1n) is 6.36. The molecule has 100 valence electrons. The van der Waals surface area contributed by atoms with Gasteiger partial charge in [-0.3, -0.25) is 4.79 Å². The summed E-state index contributed by atoms with van der Waals surface area (Å²) in [5.74, 6) is 0.336. The monoisotopic (exact) mass is 247 g/mol. The summed E-state index contributed by atoms with van der Waals surface area (Å²) in [6.07, 6.45) is 9.05. The molecule has 0 aromatic carbocycles. The molecule has 2 atom stereocenters. The van der Waals surface area contributed by atoms with E-state index in [1.165, 1.54) is 0 Å². The topological polar surface area (TPSA) is 29.1 Å². The smallest absolute Gasteiger partial charge is 0.226 e. The van der Waals surface area contributed by atoms with Gasteiger partial charge in [0.1, 0.15) is 0 Å². The summed E-state index contributed by atoms with van der Waals surface area (Å²) in [6.45, 7) is 15.4. The fourth-order valence-electron chi connectivity index (χ4n) is 1.19. The molecule has 0 aliphatic heterocycles. The van der Waals surface area contributed by atoms with Crippen molar-refractivity contribution in [2.45, 2.75) is 33.7 Å². The van der Waals surface area contributed by atoms with E-state index in [0.29, 0.717) is 5.92 Å². The summed E-state index contributed by atoms with van der Waals surface area (Å²) in [4.78, 5) is 11.9. The lowest BCUT2D eigenvalue weighted by atomic mass is 10.0. The summed E-state index contributed by atoms with van der Waals surface area (Å²) in [7, 11) is 0. The molecule has 0 aliphatic carbocycles. The van der Waals surface area contributed by atoms with Crippen LogP contribution in [0, 0.1) is 11.8 Å². The SMILES string of the molecule is C=CC=C(C=C)C=CC(C)C(=O)NC(C)C(C)C. The van der Waals surface area contributed by atoms with Crippen molar-refractivity contribution >= 4 is 5.91 Å². The molecule has 0 saturated heterocycles. The Morgan fingerprint density at radius 3 is 2.22 bits per heavy atom. The van der Waals surface area contributed by atoms with Crippen LogP contribution in [-0.4, -0.2) is 11.9 Å². The summed E-state index contributed by atoms with van der Waals surface area (Å²) in [6, 6.07) is 0.191. The lowest BCUT2D eigenvalue weighted by Gasteiger charge is -2.19. The average Bonchev–Trinajstić information content (AvgIpc) is 2.33. The van der Waals surface area contributed by atoms with Gasteiger partial charge in [0.15, 0.2) is 0 Å². The maximum Gasteiger partial charge on any atom is 0.226 e. The van der Waals surface area contributed by atoms with E-state index < -0.39 is 0 Å². The van der Waals surface area contributed by atoms with Gasteiger partial charge in [-0.1, -0.05) is 64.3 Å². The number of hydrogen-bond donors (Lipinski definition) is 1. The van der Waals surface area contributed by atoms with Crippen LogP contribution in [0.3, 0.4) is 0 Å². The Morgan fingerprint density at radius 2 is 1.78 bits per heavy atom. The second-order valence-electron chi connectivity index (χ2n) is 4.80. The Kier molecular flexibility index (Phi) is 7.77. The third-order valence-electron chi connectivity index (χ3n) is 2.91. The van der Waals surface area contributed by atoms with Crippen molar-refractivity contribution < 1.29 is 4.79 Å². The summed E-state index contributed by atoms with van der Waals surface area (Å²) in [5.41, 5.74) is 0.946. The van der Waals surface area contributed by atoms with Crippen LogP contribution in [0.1, 0.15) is 27.7 Å². The predicted molar refractivity (Wildman–Crippen MR) is 79.2 cm³/mol. The van der Waals surface area contributed by atoms with Gasteiger partial charge in [0.05, 0.1) is 5.92 Å². The number of carbonyl (C=O) groups is 1. The van der Waals surface area contributed by atoms with Crippen LogP contribution < -0.4 is 5.32 Å². The molecule has 1 N–H and O–H groups in total. The molecule has 2 unspecified atom stereocenters. The highest BCUT2D eigenvalue weighted by atomic mass is 16.1. The van der Waals surface area contributed by atoms with E-state index in [2.05, 4.69) is 32.3 Å². The van der Waals surface area contributed by atoms with Crippen LogP contribution in [0.25, 0.3) is 0 Å². The highest BCUT2D eigenvalue weighted by molar-refractivity contribution is 5.80. The lowest BCUT2D eigenvalue weighted by Crippen LogP contribution is -2.38. The minimum absolute atomic E-state index is 0.0504. The molecule has 2 heteroatoms. The predicted octanol–water partition coefficient (Wildman–Crippen LogP) is 3.64. The van der Waals surface area contributed by atoms with Gasteiger partial charge in [0, 0.05) is 6.04 Å². The minimum Gasteiger partial charge on any atom is -0.353 e. The molecule has 0 aromatic heterocycles. The van der Waals surface area contributed by atoms with Gasteiger partial charge in [-0.05, 0) is 18.4 Å². The number of rotatable bonds is 7. The van der Waals surface area contributed by atoms with E-state index in [1.807, 2.05) is 32.1 Å². The van der Waals surface area contributed by atoms with Crippen LogP contribution in [0.5, 0.6) is 0 Å². The Morgan fingerprint density at radius 1 is 1.17 bits per heavy atom. The number of hydrogen-bond acceptors (Lipinski definition) is 1. The average molecular weight is 247 g/mol. The molecule has 0 spiro atoms. The third kappa shape index (κ3) is 6.24. The van der Waals surface area contributed by atoms with Crippen molar-refractivity contribution in [2.24, 2.45) is 11.8 Å². The van der Waals surface area contributed by atoms with Crippen LogP contribution in [0.2, 0.25) is 0 Å². The van der Waals surface area contributed by atoms with Crippen molar-refractivity contribution in [3.8, 4) is 0 Å². The van der Waals surface area contributed by atoms with Gasteiger partial charge < -0.3 is 5.32 Å². The Bertz CT molecular complexity index is 350. The standard InChI is InChI=1S/C16H25NO/c1-7-9-15(8-2)11-10-13(5)16(18)17-14(6)12(3)4/h7-14H,1-2H2,3-6H3,(H,17,18). The summed E-state index contributed by atoms with van der Waals surface area (Å²) < 4.78 is 0. The van der Waals surface area contributed by atoms with Crippen molar-refractivity contribution in [1.82, 2.24) is 5.32 Å². The molecular weight excluding hydrogens is 222 g/mol. The van der Waals surface area contributed by atoms with E-state index >= 15 is 0 Å². The molecule has 0 rings (SSSR count). The molecule has 2 nitrogen and oxygen atoms in total. The highest BCUT2D eigenvalue weighted by Gasteiger charge is 2.14. The second kappa shape index (κ2) is 8.51. The van der Waals surface area contributed by atoms with Crippen LogP contribution in [0.15, 0.2) is 49.1 Å². The Balaban J connectivity index is 4.48. The molecule has 0 aliphatic rings. The largest absolute Gasteiger partial charge is 0.353 e. The molecular formula is C16H25NO. The zero-order valence-electron chi connectivity index (χ0n) is 11.9. The Labute approximate surface area is 111 Å².